The fourth-order valence-corrected chi connectivity index (χ4v) is 3.20. The third-order valence-electron chi connectivity index (χ3n) is 3.52. The van der Waals surface area contributed by atoms with Crippen molar-refractivity contribution in [2.45, 2.75) is 30.7 Å². The maximum absolute atomic E-state index is 9.39. The zero-order valence-electron chi connectivity index (χ0n) is 11.6. The topological polar surface area (TPSA) is 39.1 Å². The molecule has 1 fully saturated rings. The molecule has 0 aromatic heterocycles. The lowest BCUT2D eigenvalue weighted by Gasteiger charge is -2.30. The number of rotatable bonds is 4. The van der Waals surface area contributed by atoms with Gasteiger partial charge in [-0.25, -0.2) is 0 Å². The van der Waals surface area contributed by atoms with E-state index in [1.165, 1.54) is 0 Å². The lowest BCUT2D eigenvalue weighted by atomic mass is 10.0. The Bertz CT molecular complexity index is 459. The highest BCUT2D eigenvalue weighted by Gasteiger charge is 2.18. The van der Waals surface area contributed by atoms with Crippen LogP contribution in [0.25, 0.3) is 0 Å². The number of hydrogen-bond acceptors (Lipinski definition) is 4. The van der Waals surface area contributed by atoms with E-state index in [4.69, 9.17) is 0 Å². The van der Waals surface area contributed by atoms with Crippen LogP contribution >= 0.6 is 11.8 Å². The predicted molar refractivity (Wildman–Crippen MR) is 81.7 cm³/mol. The van der Waals surface area contributed by atoms with Crippen LogP contribution in [0.2, 0.25) is 0 Å². The molecule has 0 aliphatic carbocycles. The Kier molecular flexibility index (Phi) is 5.12. The second kappa shape index (κ2) is 6.83. The number of thioether (sulfide) groups is 1. The van der Waals surface area contributed by atoms with Gasteiger partial charge in [-0.15, -0.1) is 11.8 Å². The summed E-state index contributed by atoms with van der Waals surface area (Å²) in [4.78, 5) is 3.44. The molecule has 4 heteroatoms. The van der Waals surface area contributed by atoms with E-state index in [2.05, 4.69) is 30.3 Å². The first-order chi connectivity index (χ1) is 9.24. The van der Waals surface area contributed by atoms with Crippen molar-refractivity contribution in [3.63, 3.8) is 0 Å². The first-order valence-electron chi connectivity index (χ1n) is 6.85. The fourth-order valence-electron chi connectivity index (χ4n) is 2.42. The van der Waals surface area contributed by atoms with E-state index in [0.29, 0.717) is 6.04 Å². The highest BCUT2D eigenvalue weighted by atomic mass is 32.2. The van der Waals surface area contributed by atoms with E-state index < -0.39 is 0 Å². The Balaban J connectivity index is 2.11. The number of likely N-dealkylation sites (tertiary alicyclic amines) is 1. The molecular weight excluding hydrogens is 254 g/mol. The SMILES string of the molecule is CCSc1cccc(NC2CCN(C)CC2)c1C#N. The zero-order valence-corrected chi connectivity index (χ0v) is 12.5. The summed E-state index contributed by atoms with van der Waals surface area (Å²) < 4.78 is 0. The summed E-state index contributed by atoms with van der Waals surface area (Å²) in [5, 5.41) is 12.9. The Labute approximate surface area is 120 Å². The first-order valence-corrected chi connectivity index (χ1v) is 7.84. The molecule has 1 aliphatic heterocycles. The number of benzene rings is 1. The number of hydrogen-bond donors (Lipinski definition) is 1. The summed E-state index contributed by atoms with van der Waals surface area (Å²) in [5.74, 6) is 0.992. The molecule has 1 aliphatic rings. The molecule has 0 radical (unpaired) electrons. The van der Waals surface area contributed by atoms with Gasteiger partial charge in [-0.2, -0.15) is 5.26 Å². The number of piperidine rings is 1. The van der Waals surface area contributed by atoms with Crippen molar-refractivity contribution in [1.82, 2.24) is 4.90 Å². The summed E-state index contributed by atoms with van der Waals surface area (Å²) >= 11 is 1.73. The van der Waals surface area contributed by atoms with Gasteiger partial charge in [-0.05, 0) is 50.9 Å². The quantitative estimate of drug-likeness (QED) is 0.857. The van der Waals surface area contributed by atoms with E-state index in [1.54, 1.807) is 11.8 Å². The molecule has 19 heavy (non-hydrogen) atoms. The third-order valence-corrected chi connectivity index (χ3v) is 4.46. The van der Waals surface area contributed by atoms with Crippen LogP contribution in [0, 0.1) is 11.3 Å². The van der Waals surface area contributed by atoms with Gasteiger partial charge >= 0.3 is 0 Å². The van der Waals surface area contributed by atoms with Crippen LogP contribution < -0.4 is 5.32 Å². The van der Waals surface area contributed by atoms with Crippen LogP contribution in [0.1, 0.15) is 25.3 Å². The van der Waals surface area contributed by atoms with Crippen molar-refractivity contribution in [3.8, 4) is 6.07 Å². The molecule has 1 heterocycles. The van der Waals surface area contributed by atoms with Gasteiger partial charge in [0.2, 0.25) is 0 Å². The zero-order chi connectivity index (χ0) is 13.7. The van der Waals surface area contributed by atoms with Crippen LogP contribution in [0.15, 0.2) is 23.1 Å². The molecule has 1 aromatic carbocycles. The fraction of sp³-hybridized carbons (Fsp3) is 0.533. The van der Waals surface area contributed by atoms with E-state index in [1.807, 2.05) is 18.2 Å². The molecule has 0 saturated carbocycles. The molecule has 0 bridgehead atoms. The molecule has 102 valence electrons. The molecule has 0 atom stereocenters. The first kappa shape index (κ1) is 14.2. The van der Waals surface area contributed by atoms with Gasteiger partial charge in [-0.1, -0.05) is 13.0 Å². The van der Waals surface area contributed by atoms with Crippen molar-refractivity contribution in [2.75, 3.05) is 31.2 Å². The standard InChI is InChI=1S/C15H21N3S/c1-3-19-15-6-4-5-14(13(15)11-16)17-12-7-9-18(2)10-8-12/h4-6,12,17H,3,7-10H2,1-2H3. The Morgan fingerprint density at radius 3 is 2.79 bits per heavy atom. The summed E-state index contributed by atoms with van der Waals surface area (Å²) in [6.07, 6.45) is 2.29. The van der Waals surface area contributed by atoms with E-state index in [9.17, 15) is 5.26 Å². The van der Waals surface area contributed by atoms with Gasteiger partial charge in [0.25, 0.3) is 0 Å². The maximum Gasteiger partial charge on any atom is 0.102 e. The van der Waals surface area contributed by atoms with E-state index in [-0.39, 0.29) is 0 Å². The number of nitriles is 1. The number of nitrogens with one attached hydrogen (secondary N) is 1. The van der Waals surface area contributed by atoms with Crippen molar-refractivity contribution in [1.29, 1.82) is 5.26 Å². The molecule has 1 aromatic rings. The number of anilines is 1. The second-order valence-corrected chi connectivity index (χ2v) is 6.25. The lowest BCUT2D eigenvalue weighted by Crippen LogP contribution is -2.36. The summed E-state index contributed by atoms with van der Waals surface area (Å²) in [6.45, 7) is 4.37. The molecule has 3 nitrogen and oxygen atoms in total. The van der Waals surface area contributed by atoms with Crippen LogP contribution in [0.5, 0.6) is 0 Å². The van der Waals surface area contributed by atoms with E-state index >= 15 is 0 Å². The third kappa shape index (κ3) is 3.65. The Hall–Kier alpha value is -1.18. The van der Waals surface area contributed by atoms with Crippen LogP contribution in [0.4, 0.5) is 5.69 Å². The smallest absolute Gasteiger partial charge is 0.102 e. The average Bonchev–Trinajstić information content (AvgIpc) is 2.42. The largest absolute Gasteiger partial charge is 0.381 e. The normalized spacial score (nSPS) is 17.1. The van der Waals surface area contributed by atoms with E-state index in [0.717, 1.165) is 47.8 Å². The molecule has 1 saturated heterocycles. The van der Waals surface area contributed by atoms with Crippen LogP contribution in [-0.2, 0) is 0 Å². The Morgan fingerprint density at radius 2 is 2.16 bits per heavy atom. The van der Waals surface area contributed by atoms with Gasteiger partial charge in [-0.3, -0.25) is 0 Å². The van der Waals surface area contributed by atoms with Crippen LogP contribution in [-0.4, -0.2) is 36.8 Å². The molecule has 1 N–H and O–H groups in total. The summed E-state index contributed by atoms with van der Waals surface area (Å²) in [6, 6.07) is 8.94. The van der Waals surface area contributed by atoms with Crippen molar-refractivity contribution >= 4 is 17.4 Å². The summed E-state index contributed by atoms with van der Waals surface area (Å²) in [7, 11) is 2.16. The molecule has 0 spiro atoms. The lowest BCUT2D eigenvalue weighted by molar-refractivity contribution is 0.264. The predicted octanol–water partition coefficient (Wildman–Crippen LogP) is 3.18. The molecule has 0 unspecified atom stereocenters. The van der Waals surface area contributed by atoms with Gasteiger partial charge < -0.3 is 10.2 Å². The Morgan fingerprint density at radius 1 is 1.42 bits per heavy atom. The minimum Gasteiger partial charge on any atom is -0.381 e. The van der Waals surface area contributed by atoms with Crippen molar-refractivity contribution in [2.24, 2.45) is 0 Å². The molecule has 2 rings (SSSR count). The van der Waals surface area contributed by atoms with Crippen molar-refractivity contribution in [3.05, 3.63) is 23.8 Å². The average molecular weight is 275 g/mol. The van der Waals surface area contributed by atoms with Gasteiger partial charge in [0.15, 0.2) is 0 Å². The highest BCUT2D eigenvalue weighted by Crippen LogP contribution is 2.29. The van der Waals surface area contributed by atoms with Crippen LogP contribution in [0.3, 0.4) is 0 Å². The second-order valence-electron chi connectivity index (χ2n) is 4.95. The molecular formula is C15H21N3S. The molecule has 0 amide bonds. The monoisotopic (exact) mass is 275 g/mol. The maximum atomic E-state index is 9.39. The van der Waals surface area contributed by atoms with Gasteiger partial charge in [0, 0.05) is 10.9 Å². The summed E-state index contributed by atoms with van der Waals surface area (Å²) in [5.41, 5.74) is 1.80. The van der Waals surface area contributed by atoms with Gasteiger partial charge in [0.1, 0.15) is 6.07 Å². The highest BCUT2D eigenvalue weighted by molar-refractivity contribution is 7.99. The minimum absolute atomic E-state index is 0.491. The number of nitrogens with zero attached hydrogens (tertiary/aromatic N) is 2. The van der Waals surface area contributed by atoms with Gasteiger partial charge in [0.05, 0.1) is 11.3 Å². The van der Waals surface area contributed by atoms with Crippen molar-refractivity contribution < 1.29 is 0 Å². The minimum atomic E-state index is 0.491.